The Morgan fingerprint density at radius 1 is 1.22 bits per heavy atom. The molecule has 0 aromatic heterocycles. The summed E-state index contributed by atoms with van der Waals surface area (Å²) in [6.07, 6.45) is 2.26. The lowest BCUT2D eigenvalue weighted by atomic mass is 9.96. The molecule has 0 spiro atoms. The van der Waals surface area contributed by atoms with Crippen molar-refractivity contribution in [1.82, 2.24) is 10.2 Å². The van der Waals surface area contributed by atoms with Crippen molar-refractivity contribution in [1.29, 1.82) is 0 Å². The number of carbonyl (C=O) groups excluding carboxylic acids is 2. The summed E-state index contributed by atoms with van der Waals surface area (Å²) >= 11 is 0. The first-order valence-corrected chi connectivity index (χ1v) is 8.16. The zero-order valence-corrected chi connectivity index (χ0v) is 13.2. The number of piperidine rings is 1. The lowest BCUT2D eigenvalue weighted by molar-refractivity contribution is -0.124. The number of fused-ring (bicyclic) bond motifs is 1. The van der Waals surface area contributed by atoms with Crippen molar-refractivity contribution >= 4 is 11.8 Å². The van der Waals surface area contributed by atoms with E-state index >= 15 is 0 Å². The highest BCUT2D eigenvalue weighted by atomic mass is 16.5. The molecule has 2 aliphatic rings. The van der Waals surface area contributed by atoms with E-state index < -0.39 is 0 Å². The van der Waals surface area contributed by atoms with Crippen molar-refractivity contribution in [3.63, 3.8) is 0 Å². The monoisotopic (exact) mass is 317 g/mol. The smallest absolute Gasteiger partial charge is 0.234 e. The van der Waals surface area contributed by atoms with Crippen molar-refractivity contribution in [3.8, 4) is 5.75 Å². The van der Waals surface area contributed by atoms with Crippen molar-refractivity contribution < 1.29 is 14.3 Å². The standard InChI is InChI=1S/C17H23N3O3/c18-17(22)12-5-8-20(9-6-12)11-16(21)19-14-7-10-23-15-4-2-1-3-13(14)15/h1-4,12,14H,5-11H2,(H2,18,22)(H,19,21). The number of amides is 2. The SMILES string of the molecule is NC(=O)C1CCN(CC(=O)NC2CCOc3ccccc32)CC1. The Morgan fingerprint density at radius 3 is 2.70 bits per heavy atom. The molecule has 2 aliphatic heterocycles. The van der Waals surface area contributed by atoms with Gasteiger partial charge in [0.1, 0.15) is 5.75 Å². The van der Waals surface area contributed by atoms with Crippen LogP contribution in [0.1, 0.15) is 30.9 Å². The molecule has 1 aromatic carbocycles. The number of nitrogens with one attached hydrogen (secondary N) is 1. The minimum absolute atomic E-state index is 0.00982. The molecule has 6 heteroatoms. The van der Waals surface area contributed by atoms with E-state index in [2.05, 4.69) is 10.2 Å². The van der Waals surface area contributed by atoms with Gasteiger partial charge in [0, 0.05) is 17.9 Å². The average Bonchev–Trinajstić information content (AvgIpc) is 2.55. The highest BCUT2D eigenvalue weighted by Crippen LogP contribution is 2.31. The topological polar surface area (TPSA) is 84.7 Å². The van der Waals surface area contributed by atoms with Crippen LogP contribution in [-0.4, -0.2) is 43.0 Å². The highest BCUT2D eigenvalue weighted by Gasteiger charge is 2.26. The number of primary amides is 1. The molecule has 3 N–H and O–H groups in total. The second-order valence-corrected chi connectivity index (χ2v) is 6.25. The first-order chi connectivity index (χ1) is 11.1. The first-order valence-electron chi connectivity index (χ1n) is 8.16. The van der Waals surface area contributed by atoms with E-state index in [-0.39, 0.29) is 23.8 Å². The Balaban J connectivity index is 1.52. The van der Waals surface area contributed by atoms with Gasteiger partial charge in [-0.25, -0.2) is 0 Å². The summed E-state index contributed by atoms with van der Waals surface area (Å²) in [5.74, 6) is 0.597. The highest BCUT2D eigenvalue weighted by molar-refractivity contribution is 5.79. The van der Waals surface area contributed by atoms with Gasteiger partial charge in [0.15, 0.2) is 0 Å². The van der Waals surface area contributed by atoms with Crippen molar-refractivity contribution in [2.75, 3.05) is 26.2 Å². The molecule has 23 heavy (non-hydrogen) atoms. The normalized spacial score (nSPS) is 22.0. The summed E-state index contributed by atoms with van der Waals surface area (Å²) in [5.41, 5.74) is 6.38. The zero-order valence-electron chi connectivity index (χ0n) is 13.2. The van der Waals surface area contributed by atoms with E-state index in [0.29, 0.717) is 13.2 Å². The third-order valence-electron chi connectivity index (χ3n) is 4.65. The van der Waals surface area contributed by atoms with Gasteiger partial charge in [0.2, 0.25) is 11.8 Å². The molecule has 1 fully saturated rings. The van der Waals surface area contributed by atoms with E-state index in [1.165, 1.54) is 0 Å². The summed E-state index contributed by atoms with van der Waals surface area (Å²) < 4.78 is 5.61. The Bertz CT molecular complexity index is 582. The molecule has 1 aromatic rings. The third kappa shape index (κ3) is 3.82. The summed E-state index contributed by atoms with van der Waals surface area (Å²) in [6, 6.07) is 7.84. The fraction of sp³-hybridized carbons (Fsp3) is 0.529. The number of likely N-dealkylation sites (tertiary alicyclic amines) is 1. The Hall–Kier alpha value is -2.08. The molecule has 2 heterocycles. The van der Waals surface area contributed by atoms with Crippen LogP contribution in [0.4, 0.5) is 0 Å². The number of nitrogens with two attached hydrogens (primary N) is 1. The number of ether oxygens (including phenoxy) is 1. The lowest BCUT2D eigenvalue weighted by Crippen LogP contribution is -2.44. The summed E-state index contributed by atoms with van der Waals surface area (Å²) in [4.78, 5) is 25.6. The van der Waals surface area contributed by atoms with Gasteiger partial charge in [-0.15, -0.1) is 0 Å². The summed E-state index contributed by atoms with van der Waals surface area (Å²) in [7, 11) is 0. The van der Waals surface area contributed by atoms with Gasteiger partial charge in [-0.05, 0) is 32.0 Å². The lowest BCUT2D eigenvalue weighted by Gasteiger charge is -2.31. The van der Waals surface area contributed by atoms with Crippen LogP contribution in [0.2, 0.25) is 0 Å². The largest absolute Gasteiger partial charge is 0.493 e. The molecular formula is C17H23N3O3. The first kappa shape index (κ1) is 15.8. The Morgan fingerprint density at radius 2 is 1.96 bits per heavy atom. The molecule has 0 radical (unpaired) electrons. The minimum Gasteiger partial charge on any atom is -0.493 e. The van der Waals surface area contributed by atoms with Crippen LogP contribution in [0.5, 0.6) is 5.75 Å². The quantitative estimate of drug-likeness (QED) is 0.861. The maximum Gasteiger partial charge on any atom is 0.234 e. The van der Waals surface area contributed by atoms with E-state index in [1.807, 2.05) is 24.3 Å². The minimum atomic E-state index is -0.229. The fourth-order valence-electron chi connectivity index (χ4n) is 3.31. The molecule has 6 nitrogen and oxygen atoms in total. The van der Waals surface area contributed by atoms with E-state index in [0.717, 1.165) is 43.7 Å². The predicted octanol–water partition coefficient (Wildman–Crippen LogP) is 0.824. The van der Waals surface area contributed by atoms with E-state index in [9.17, 15) is 9.59 Å². The average molecular weight is 317 g/mol. The second kappa shape index (κ2) is 7.00. The molecule has 3 rings (SSSR count). The van der Waals surface area contributed by atoms with Crippen molar-refractivity contribution in [2.45, 2.75) is 25.3 Å². The second-order valence-electron chi connectivity index (χ2n) is 6.25. The van der Waals surface area contributed by atoms with Crippen LogP contribution in [0.3, 0.4) is 0 Å². The maximum absolute atomic E-state index is 12.3. The number of nitrogens with zero attached hydrogens (tertiary/aromatic N) is 1. The van der Waals surface area contributed by atoms with Gasteiger partial charge in [0.05, 0.1) is 19.2 Å². The number of rotatable bonds is 4. The summed E-state index contributed by atoms with van der Waals surface area (Å²) in [5, 5.41) is 3.10. The van der Waals surface area contributed by atoms with Crippen molar-refractivity contribution in [3.05, 3.63) is 29.8 Å². The Labute approximate surface area is 136 Å². The van der Waals surface area contributed by atoms with Crippen LogP contribution < -0.4 is 15.8 Å². The predicted molar refractivity (Wildman–Crippen MR) is 85.8 cm³/mol. The van der Waals surface area contributed by atoms with Gasteiger partial charge >= 0.3 is 0 Å². The van der Waals surface area contributed by atoms with Crippen LogP contribution in [0.15, 0.2) is 24.3 Å². The van der Waals surface area contributed by atoms with Crippen LogP contribution >= 0.6 is 0 Å². The molecule has 2 amide bonds. The molecule has 1 unspecified atom stereocenters. The summed E-state index contributed by atoms with van der Waals surface area (Å²) in [6.45, 7) is 2.47. The zero-order chi connectivity index (χ0) is 16.2. The van der Waals surface area contributed by atoms with Crippen LogP contribution in [0, 0.1) is 5.92 Å². The van der Waals surface area contributed by atoms with Crippen LogP contribution in [-0.2, 0) is 9.59 Å². The van der Waals surface area contributed by atoms with Gasteiger partial charge in [0.25, 0.3) is 0 Å². The number of benzene rings is 1. The van der Waals surface area contributed by atoms with Gasteiger partial charge in [-0.1, -0.05) is 18.2 Å². The third-order valence-corrected chi connectivity index (χ3v) is 4.65. The van der Waals surface area contributed by atoms with E-state index in [1.54, 1.807) is 0 Å². The molecule has 0 bridgehead atoms. The molecule has 124 valence electrons. The number of para-hydroxylation sites is 1. The maximum atomic E-state index is 12.3. The number of hydrogen-bond acceptors (Lipinski definition) is 4. The van der Waals surface area contributed by atoms with E-state index in [4.69, 9.17) is 10.5 Å². The van der Waals surface area contributed by atoms with Gasteiger partial charge in [-0.2, -0.15) is 0 Å². The molecule has 0 aliphatic carbocycles. The number of carbonyl (C=O) groups is 2. The van der Waals surface area contributed by atoms with Gasteiger partial charge < -0.3 is 15.8 Å². The fourth-order valence-corrected chi connectivity index (χ4v) is 3.31. The van der Waals surface area contributed by atoms with Crippen molar-refractivity contribution in [2.24, 2.45) is 11.7 Å². The molecule has 0 saturated carbocycles. The molecule has 1 atom stereocenters. The van der Waals surface area contributed by atoms with Gasteiger partial charge in [-0.3, -0.25) is 14.5 Å². The Kier molecular flexibility index (Phi) is 4.81. The molecule has 1 saturated heterocycles. The number of hydrogen-bond donors (Lipinski definition) is 2. The van der Waals surface area contributed by atoms with Crippen LogP contribution in [0.25, 0.3) is 0 Å². The molecular weight excluding hydrogens is 294 g/mol.